The molecule has 1 aromatic heterocycles. The van der Waals surface area contributed by atoms with Crippen LogP contribution in [0.15, 0.2) is 126 Å². The van der Waals surface area contributed by atoms with Gasteiger partial charge in [0.2, 0.25) is 0 Å². The first kappa shape index (κ1) is 31.8. The minimum absolute atomic E-state index is 0.0282. The van der Waals surface area contributed by atoms with E-state index in [4.69, 9.17) is 9.47 Å². The molecular formula is C39H34N2O6S. The normalized spacial score (nSPS) is 20.6. The number of ether oxygens (including phenoxy) is 2. The van der Waals surface area contributed by atoms with E-state index in [1.54, 1.807) is 36.4 Å². The third kappa shape index (κ3) is 6.37. The summed E-state index contributed by atoms with van der Waals surface area (Å²) in [7, 11) is 0. The number of carbonyl (C=O) groups excluding carboxylic acids is 2. The molecule has 0 aliphatic carbocycles. The summed E-state index contributed by atoms with van der Waals surface area (Å²) in [6, 6.07) is 35.9. The quantitative estimate of drug-likeness (QED) is 0.0799. The first-order valence-electron chi connectivity index (χ1n) is 15.9. The molecule has 9 heteroatoms. The Labute approximate surface area is 283 Å². The zero-order valence-corrected chi connectivity index (χ0v) is 27.1. The number of thioether (sulfide) groups is 1. The molecule has 1 fully saturated rings. The summed E-state index contributed by atoms with van der Waals surface area (Å²) < 4.78 is 14.2. The standard InChI is InChI=1S/C39H34N2O6S/c1-25-34(24-48-35-14-4-5-19-41(35)45)46-39(47-36(25)28-17-15-26(23-42)16-18-28)31-11-7-10-30(21-31)29-9-6-8-27(20-29)22-40-37(43)32-12-2-3-13-33(32)38(40)44/h2-21,25,34,36,39,42H,22-24H2,1H3/t25-,34+,36+,39+/m0/s1. The van der Waals surface area contributed by atoms with Crippen LogP contribution in [0.1, 0.15) is 62.3 Å². The van der Waals surface area contributed by atoms with E-state index in [2.05, 4.69) is 6.92 Å². The monoisotopic (exact) mass is 658 g/mol. The Bertz CT molecular complexity index is 1930. The van der Waals surface area contributed by atoms with E-state index in [0.717, 1.165) is 38.1 Å². The van der Waals surface area contributed by atoms with Gasteiger partial charge in [-0.3, -0.25) is 14.5 Å². The van der Waals surface area contributed by atoms with Crippen LogP contribution < -0.4 is 4.73 Å². The van der Waals surface area contributed by atoms with Gasteiger partial charge in [-0.05, 0) is 58.1 Å². The lowest BCUT2D eigenvalue weighted by Crippen LogP contribution is -2.39. The molecule has 1 saturated heterocycles. The number of rotatable bonds is 9. The third-order valence-corrected chi connectivity index (χ3v) is 10.1. The molecule has 3 heterocycles. The predicted octanol–water partition coefficient (Wildman–Crippen LogP) is 6.86. The lowest BCUT2D eigenvalue weighted by Gasteiger charge is -2.41. The van der Waals surface area contributed by atoms with Crippen LogP contribution in [0.3, 0.4) is 0 Å². The number of carbonyl (C=O) groups is 2. The predicted molar refractivity (Wildman–Crippen MR) is 182 cm³/mol. The van der Waals surface area contributed by atoms with Crippen molar-refractivity contribution in [1.82, 2.24) is 4.90 Å². The highest BCUT2D eigenvalue weighted by Crippen LogP contribution is 2.43. The zero-order valence-electron chi connectivity index (χ0n) is 26.3. The fourth-order valence-electron chi connectivity index (χ4n) is 6.28. The smallest absolute Gasteiger partial charge is 0.261 e. The molecule has 8 nitrogen and oxygen atoms in total. The number of nitrogens with zero attached hydrogens (tertiary/aromatic N) is 2. The van der Waals surface area contributed by atoms with Gasteiger partial charge in [0.15, 0.2) is 12.5 Å². The Morgan fingerprint density at radius 1 is 0.771 bits per heavy atom. The second-order valence-corrected chi connectivity index (χ2v) is 13.1. The molecule has 7 rings (SSSR count). The first-order chi connectivity index (χ1) is 23.4. The number of amides is 2. The molecule has 242 valence electrons. The van der Waals surface area contributed by atoms with Gasteiger partial charge >= 0.3 is 0 Å². The summed E-state index contributed by atoms with van der Waals surface area (Å²) in [5, 5.41) is 22.5. The molecule has 1 N–H and O–H groups in total. The summed E-state index contributed by atoms with van der Waals surface area (Å²) in [6.45, 7) is 2.23. The van der Waals surface area contributed by atoms with E-state index in [9.17, 15) is 19.9 Å². The van der Waals surface area contributed by atoms with E-state index >= 15 is 0 Å². The maximum absolute atomic E-state index is 13.0. The van der Waals surface area contributed by atoms with Crippen molar-refractivity contribution in [2.45, 2.75) is 43.6 Å². The minimum atomic E-state index is -0.675. The highest BCUT2D eigenvalue weighted by Gasteiger charge is 2.39. The second-order valence-electron chi connectivity index (χ2n) is 12.1. The van der Waals surface area contributed by atoms with Gasteiger partial charge in [0.25, 0.3) is 16.8 Å². The molecule has 0 bridgehead atoms. The van der Waals surface area contributed by atoms with Crippen molar-refractivity contribution >= 4 is 23.6 Å². The van der Waals surface area contributed by atoms with Crippen molar-refractivity contribution in [3.8, 4) is 11.1 Å². The maximum Gasteiger partial charge on any atom is 0.261 e. The topological polar surface area (TPSA) is 103 Å². The van der Waals surface area contributed by atoms with E-state index in [-0.39, 0.29) is 43.1 Å². The lowest BCUT2D eigenvalue weighted by molar-refractivity contribution is -0.645. The molecule has 0 saturated carbocycles. The van der Waals surface area contributed by atoms with Crippen LogP contribution in [0.2, 0.25) is 0 Å². The number of hydrogen-bond donors (Lipinski definition) is 1. The maximum atomic E-state index is 13.0. The van der Waals surface area contributed by atoms with Gasteiger partial charge in [-0.2, -0.15) is 4.73 Å². The van der Waals surface area contributed by atoms with Crippen LogP contribution in [0, 0.1) is 11.1 Å². The summed E-state index contributed by atoms with van der Waals surface area (Å²) in [5.41, 5.74) is 6.23. The van der Waals surface area contributed by atoms with Gasteiger partial charge in [-0.25, -0.2) is 0 Å². The van der Waals surface area contributed by atoms with Crippen LogP contribution in [-0.2, 0) is 22.6 Å². The Kier molecular flexibility index (Phi) is 9.10. The fraction of sp³-hybridized carbons (Fsp3) is 0.205. The highest BCUT2D eigenvalue weighted by molar-refractivity contribution is 7.99. The van der Waals surface area contributed by atoms with Crippen molar-refractivity contribution < 1.29 is 28.9 Å². The Morgan fingerprint density at radius 3 is 2.17 bits per heavy atom. The SMILES string of the molecule is C[C@H]1[C@@H](CSc2cccc[n+]2[O-])O[C@@H](c2cccc(-c3cccc(CN4C(=O)c5ccccc5C4=O)c3)c2)O[C@H]1c1ccc(CO)cc1. The van der Waals surface area contributed by atoms with Crippen molar-refractivity contribution in [3.63, 3.8) is 0 Å². The Hall–Kier alpha value is -4.80. The zero-order chi connectivity index (χ0) is 33.2. The average Bonchev–Trinajstić information content (AvgIpc) is 3.36. The molecule has 4 atom stereocenters. The summed E-state index contributed by atoms with van der Waals surface area (Å²) >= 11 is 1.45. The van der Waals surface area contributed by atoms with Gasteiger partial charge in [0.05, 0.1) is 36.5 Å². The molecular weight excluding hydrogens is 625 g/mol. The number of benzene rings is 4. The molecule has 2 aliphatic heterocycles. The first-order valence-corrected chi connectivity index (χ1v) is 16.8. The molecule has 2 aliphatic rings. The van der Waals surface area contributed by atoms with Crippen molar-refractivity contribution in [3.05, 3.63) is 160 Å². The summed E-state index contributed by atoms with van der Waals surface area (Å²) in [5.74, 6) is -0.0404. The average molecular weight is 659 g/mol. The number of aliphatic hydroxyl groups excluding tert-OH is 1. The number of imide groups is 1. The van der Waals surface area contributed by atoms with Crippen LogP contribution in [0.5, 0.6) is 0 Å². The molecule has 0 radical (unpaired) electrons. The van der Waals surface area contributed by atoms with Gasteiger partial charge in [-0.15, -0.1) is 0 Å². The van der Waals surface area contributed by atoms with E-state index in [1.807, 2.05) is 78.9 Å². The van der Waals surface area contributed by atoms with Crippen molar-refractivity contribution in [1.29, 1.82) is 0 Å². The molecule has 2 amide bonds. The summed E-state index contributed by atoms with van der Waals surface area (Å²) in [4.78, 5) is 27.3. The van der Waals surface area contributed by atoms with Crippen LogP contribution in [-0.4, -0.2) is 33.7 Å². The molecule has 0 unspecified atom stereocenters. The Morgan fingerprint density at radius 2 is 1.46 bits per heavy atom. The molecule has 4 aromatic carbocycles. The van der Waals surface area contributed by atoms with Crippen molar-refractivity contribution in [2.24, 2.45) is 5.92 Å². The van der Waals surface area contributed by atoms with Crippen LogP contribution in [0.4, 0.5) is 0 Å². The fourth-order valence-corrected chi connectivity index (χ4v) is 7.36. The van der Waals surface area contributed by atoms with Crippen LogP contribution >= 0.6 is 11.8 Å². The number of aromatic nitrogens is 1. The van der Waals surface area contributed by atoms with Crippen molar-refractivity contribution in [2.75, 3.05) is 5.75 Å². The highest BCUT2D eigenvalue weighted by atomic mass is 32.2. The second kappa shape index (κ2) is 13.7. The third-order valence-electron chi connectivity index (χ3n) is 8.95. The number of aliphatic hydroxyl groups is 1. The van der Waals surface area contributed by atoms with E-state index < -0.39 is 6.29 Å². The van der Waals surface area contributed by atoms with E-state index in [1.165, 1.54) is 22.9 Å². The minimum Gasteiger partial charge on any atom is -0.618 e. The molecule has 0 spiro atoms. The van der Waals surface area contributed by atoms with E-state index in [0.29, 0.717) is 21.9 Å². The van der Waals surface area contributed by atoms with Gasteiger partial charge in [-0.1, -0.05) is 91.5 Å². The lowest BCUT2D eigenvalue weighted by atomic mass is 9.91. The number of fused-ring (bicyclic) bond motifs is 1. The van der Waals surface area contributed by atoms with Gasteiger partial charge < -0.3 is 19.8 Å². The number of hydrogen-bond acceptors (Lipinski definition) is 7. The Balaban J connectivity index is 1.14. The van der Waals surface area contributed by atoms with Gasteiger partial charge in [0.1, 0.15) is 0 Å². The van der Waals surface area contributed by atoms with Crippen LogP contribution in [0.25, 0.3) is 11.1 Å². The molecule has 48 heavy (non-hydrogen) atoms. The summed E-state index contributed by atoms with van der Waals surface area (Å²) in [6.07, 6.45) is 0.295. The van der Waals surface area contributed by atoms with Gasteiger partial charge in [0, 0.05) is 29.4 Å². The number of pyridine rings is 1. The largest absolute Gasteiger partial charge is 0.618 e. The molecule has 5 aromatic rings.